The average molecular weight is 274 g/mol. The Balaban J connectivity index is 2.37. The summed E-state index contributed by atoms with van der Waals surface area (Å²) >= 11 is 1.05. The highest BCUT2D eigenvalue weighted by Crippen LogP contribution is 2.30. The minimum absolute atomic E-state index is 0.0740. The Bertz CT molecular complexity index is 683. The van der Waals surface area contributed by atoms with Crippen molar-refractivity contribution in [2.45, 2.75) is 9.92 Å². The number of hydrogen-bond donors (Lipinski definition) is 1. The third-order valence-corrected chi connectivity index (χ3v) is 3.28. The Hall–Kier alpha value is -2.39. The molecule has 6 heteroatoms. The number of hydrogen-bond acceptors (Lipinski definition) is 4. The molecule has 0 unspecified atom stereocenters. The average Bonchev–Trinajstić information content (AvgIpc) is 2.39. The maximum absolute atomic E-state index is 13.4. The Labute approximate surface area is 112 Å². The molecule has 1 heterocycles. The fourth-order valence-corrected chi connectivity index (χ4v) is 2.33. The lowest BCUT2D eigenvalue weighted by atomic mass is 10.2. The van der Waals surface area contributed by atoms with E-state index in [4.69, 9.17) is 10.4 Å². The van der Waals surface area contributed by atoms with Crippen LogP contribution in [-0.2, 0) is 0 Å². The number of carboxylic acid groups (broad SMARTS) is 1. The maximum atomic E-state index is 13.4. The minimum Gasteiger partial charge on any atom is -0.478 e. The molecule has 94 valence electrons. The van der Waals surface area contributed by atoms with Gasteiger partial charge in [0.05, 0.1) is 5.56 Å². The first-order valence-electron chi connectivity index (χ1n) is 5.17. The molecule has 0 radical (unpaired) electrons. The largest absolute Gasteiger partial charge is 0.478 e. The molecule has 19 heavy (non-hydrogen) atoms. The fraction of sp³-hybridized carbons (Fsp3) is 0. The van der Waals surface area contributed by atoms with Crippen LogP contribution >= 0.6 is 11.8 Å². The summed E-state index contributed by atoms with van der Waals surface area (Å²) in [5, 5.41) is 18.2. The third kappa shape index (κ3) is 2.89. The molecule has 0 spiro atoms. The number of nitrogens with zero attached hydrogens (tertiary/aromatic N) is 2. The van der Waals surface area contributed by atoms with Gasteiger partial charge >= 0.3 is 5.97 Å². The van der Waals surface area contributed by atoms with Crippen molar-refractivity contribution < 1.29 is 14.3 Å². The molecular weight excluding hydrogens is 267 g/mol. The number of carboxylic acids is 1. The number of rotatable bonds is 3. The minimum atomic E-state index is -1.07. The standard InChI is InChI=1S/C13H7FN2O2S/c14-10-2-1-3-11(9(10)7-15)19-12-6-8(13(17)18)4-5-16-12/h1-6H,(H,17,18). The topological polar surface area (TPSA) is 74.0 Å². The molecular formula is C13H7FN2O2S. The molecule has 0 saturated heterocycles. The molecule has 0 aliphatic rings. The fourth-order valence-electron chi connectivity index (χ4n) is 1.41. The molecule has 1 N–H and O–H groups in total. The van der Waals surface area contributed by atoms with Crippen molar-refractivity contribution in [3.63, 3.8) is 0 Å². The van der Waals surface area contributed by atoms with Gasteiger partial charge in [-0.05, 0) is 24.3 Å². The smallest absolute Gasteiger partial charge is 0.335 e. The SMILES string of the molecule is N#Cc1c(F)cccc1Sc1cc(C(=O)O)ccn1. The second-order valence-electron chi connectivity index (χ2n) is 3.51. The highest BCUT2D eigenvalue weighted by molar-refractivity contribution is 7.99. The van der Waals surface area contributed by atoms with Crippen molar-refractivity contribution in [3.8, 4) is 6.07 Å². The number of nitriles is 1. The van der Waals surface area contributed by atoms with E-state index in [2.05, 4.69) is 4.98 Å². The van der Waals surface area contributed by atoms with E-state index in [1.165, 1.54) is 30.5 Å². The second kappa shape index (κ2) is 5.50. The zero-order chi connectivity index (χ0) is 13.8. The van der Waals surface area contributed by atoms with E-state index < -0.39 is 11.8 Å². The predicted octanol–water partition coefficient (Wildman–Crippen LogP) is 2.94. The molecule has 0 fully saturated rings. The van der Waals surface area contributed by atoms with Gasteiger partial charge in [0.15, 0.2) is 0 Å². The maximum Gasteiger partial charge on any atom is 0.335 e. The first-order valence-corrected chi connectivity index (χ1v) is 5.99. The number of carbonyl (C=O) groups is 1. The van der Waals surface area contributed by atoms with E-state index >= 15 is 0 Å². The van der Waals surface area contributed by atoms with Crippen molar-refractivity contribution in [1.29, 1.82) is 5.26 Å². The van der Waals surface area contributed by atoms with Crippen molar-refractivity contribution in [3.05, 3.63) is 53.5 Å². The first-order chi connectivity index (χ1) is 9.11. The van der Waals surface area contributed by atoms with Crippen LogP contribution in [0.4, 0.5) is 4.39 Å². The Kier molecular flexibility index (Phi) is 3.78. The van der Waals surface area contributed by atoms with Crippen molar-refractivity contribution in [1.82, 2.24) is 4.98 Å². The lowest BCUT2D eigenvalue weighted by Crippen LogP contribution is -1.97. The molecule has 4 nitrogen and oxygen atoms in total. The number of pyridine rings is 1. The predicted molar refractivity (Wildman–Crippen MR) is 66.4 cm³/mol. The number of aromatic nitrogens is 1. The molecule has 1 aromatic carbocycles. The lowest BCUT2D eigenvalue weighted by molar-refractivity contribution is 0.0696. The third-order valence-electron chi connectivity index (χ3n) is 2.28. The molecule has 0 bridgehead atoms. The van der Waals surface area contributed by atoms with Gasteiger partial charge in [0.1, 0.15) is 22.5 Å². The van der Waals surface area contributed by atoms with Crippen molar-refractivity contribution >= 4 is 17.7 Å². The summed E-state index contributed by atoms with van der Waals surface area (Å²) in [6.45, 7) is 0. The van der Waals surface area contributed by atoms with Crippen molar-refractivity contribution in [2.24, 2.45) is 0 Å². The summed E-state index contributed by atoms with van der Waals surface area (Å²) in [6.07, 6.45) is 1.36. The summed E-state index contributed by atoms with van der Waals surface area (Å²) in [6, 6.07) is 8.79. The van der Waals surface area contributed by atoms with Gasteiger partial charge in [0.2, 0.25) is 0 Å². The van der Waals surface area contributed by atoms with Crippen LogP contribution in [0, 0.1) is 17.1 Å². The quantitative estimate of drug-likeness (QED) is 0.931. The molecule has 2 rings (SSSR count). The summed E-state index contributed by atoms with van der Waals surface area (Å²) in [4.78, 5) is 15.2. The van der Waals surface area contributed by atoms with Gasteiger partial charge in [-0.15, -0.1) is 0 Å². The first kappa shape index (κ1) is 13.1. The molecule has 0 aliphatic heterocycles. The Morgan fingerprint density at radius 2 is 2.21 bits per heavy atom. The molecule has 0 saturated carbocycles. The van der Waals surface area contributed by atoms with E-state index in [-0.39, 0.29) is 11.1 Å². The summed E-state index contributed by atoms with van der Waals surface area (Å²) in [7, 11) is 0. The Morgan fingerprint density at radius 3 is 2.89 bits per heavy atom. The normalized spacial score (nSPS) is 9.89. The molecule has 0 atom stereocenters. The van der Waals surface area contributed by atoms with Gasteiger partial charge in [-0.25, -0.2) is 14.2 Å². The van der Waals surface area contributed by atoms with Crippen LogP contribution in [0.25, 0.3) is 0 Å². The van der Waals surface area contributed by atoms with E-state index in [0.29, 0.717) is 9.92 Å². The zero-order valence-corrected chi connectivity index (χ0v) is 10.3. The van der Waals surface area contributed by atoms with Crippen LogP contribution in [-0.4, -0.2) is 16.1 Å². The van der Waals surface area contributed by atoms with Crippen LogP contribution in [0.2, 0.25) is 0 Å². The number of aromatic carboxylic acids is 1. The van der Waals surface area contributed by atoms with Gasteiger partial charge in [-0.3, -0.25) is 0 Å². The highest BCUT2D eigenvalue weighted by atomic mass is 32.2. The van der Waals surface area contributed by atoms with Gasteiger partial charge < -0.3 is 5.11 Å². The molecule has 0 amide bonds. The van der Waals surface area contributed by atoms with Crippen molar-refractivity contribution in [2.75, 3.05) is 0 Å². The van der Waals surface area contributed by atoms with Gasteiger partial charge in [-0.1, -0.05) is 17.8 Å². The van der Waals surface area contributed by atoms with E-state index in [1.807, 2.05) is 0 Å². The molecule has 0 aliphatic carbocycles. The highest BCUT2D eigenvalue weighted by Gasteiger charge is 2.11. The molecule has 1 aromatic heterocycles. The van der Waals surface area contributed by atoms with Crippen LogP contribution in [0.15, 0.2) is 46.5 Å². The van der Waals surface area contributed by atoms with Gasteiger partial charge in [0.25, 0.3) is 0 Å². The summed E-state index contributed by atoms with van der Waals surface area (Å²) < 4.78 is 13.4. The number of halogens is 1. The van der Waals surface area contributed by atoms with E-state index in [1.54, 1.807) is 12.1 Å². The van der Waals surface area contributed by atoms with Crippen LogP contribution < -0.4 is 0 Å². The second-order valence-corrected chi connectivity index (χ2v) is 4.58. The van der Waals surface area contributed by atoms with Crippen LogP contribution in [0.3, 0.4) is 0 Å². The van der Waals surface area contributed by atoms with Crippen LogP contribution in [0.5, 0.6) is 0 Å². The van der Waals surface area contributed by atoms with Gasteiger partial charge in [-0.2, -0.15) is 5.26 Å². The zero-order valence-electron chi connectivity index (χ0n) is 9.50. The summed E-state index contributed by atoms with van der Waals surface area (Å²) in [5.74, 6) is -1.68. The number of benzene rings is 1. The van der Waals surface area contributed by atoms with E-state index in [0.717, 1.165) is 11.8 Å². The lowest BCUT2D eigenvalue weighted by Gasteiger charge is -2.04. The van der Waals surface area contributed by atoms with E-state index in [9.17, 15) is 9.18 Å². The molecule has 2 aromatic rings. The Morgan fingerprint density at radius 1 is 1.42 bits per heavy atom. The monoisotopic (exact) mass is 274 g/mol. The summed E-state index contributed by atoms with van der Waals surface area (Å²) in [5.41, 5.74) is 0.0161. The van der Waals surface area contributed by atoms with Gasteiger partial charge in [0, 0.05) is 11.1 Å². The van der Waals surface area contributed by atoms with Crippen LogP contribution in [0.1, 0.15) is 15.9 Å².